The van der Waals surface area contributed by atoms with Gasteiger partial charge in [0, 0.05) is 17.5 Å². The van der Waals surface area contributed by atoms with Crippen molar-refractivity contribution in [2.24, 2.45) is 5.92 Å². The molecule has 1 heterocycles. The van der Waals surface area contributed by atoms with E-state index in [4.69, 9.17) is 4.74 Å². The topological polar surface area (TPSA) is 49.7 Å². The van der Waals surface area contributed by atoms with Crippen LogP contribution < -0.4 is 0 Å². The summed E-state index contributed by atoms with van der Waals surface area (Å²) in [6, 6.07) is 3.12. The third kappa shape index (κ3) is 2.12. The molecule has 0 amide bonds. The molecular formula is C14H20O3. The molecule has 0 aromatic heterocycles. The molecule has 0 bridgehead atoms. The second-order valence-electron chi connectivity index (χ2n) is 4.98. The number of phenols is 2. The monoisotopic (exact) mass is 236 g/mol. The Hall–Kier alpha value is -1.22. The highest BCUT2D eigenvalue weighted by Crippen LogP contribution is 2.40. The SMILES string of the molecule is CCC(C)C1OCc2c(O)cc(O)cc2C1C. The first kappa shape index (κ1) is 12.2. The Bertz CT molecular complexity index is 414. The van der Waals surface area contributed by atoms with Gasteiger partial charge in [0.2, 0.25) is 0 Å². The zero-order chi connectivity index (χ0) is 12.6. The predicted molar refractivity (Wildman–Crippen MR) is 66.2 cm³/mol. The zero-order valence-corrected chi connectivity index (χ0v) is 10.6. The second kappa shape index (κ2) is 4.57. The van der Waals surface area contributed by atoms with Gasteiger partial charge in [-0.25, -0.2) is 0 Å². The van der Waals surface area contributed by atoms with Crippen molar-refractivity contribution in [1.82, 2.24) is 0 Å². The molecule has 3 unspecified atom stereocenters. The van der Waals surface area contributed by atoms with Gasteiger partial charge in [-0.15, -0.1) is 0 Å². The summed E-state index contributed by atoms with van der Waals surface area (Å²) in [5.74, 6) is 0.932. The van der Waals surface area contributed by atoms with Crippen LogP contribution in [-0.4, -0.2) is 16.3 Å². The van der Waals surface area contributed by atoms with E-state index in [1.54, 1.807) is 6.07 Å². The molecule has 0 saturated carbocycles. The molecule has 0 radical (unpaired) electrons. The Labute approximate surface area is 102 Å². The van der Waals surface area contributed by atoms with E-state index in [0.29, 0.717) is 12.5 Å². The smallest absolute Gasteiger partial charge is 0.125 e. The van der Waals surface area contributed by atoms with E-state index in [2.05, 4.69) is 20.8 Å². The molecule has 2 N–H and O–H groups in total. The molecule has 0 spiro atoms. The fourth-order valence-electron chi connectivity index (χ4n) is 2.62. The van der Waals surface area contributed by atoms with E-state index in [0.717, 1.165) is 17.5 Å². The molecule has 2 rings (SSSR count). The average molecular weight is 236 g/mol. The molecule has 0 saturated heterocycles. The van der Waals surface area contributed by atoms with Crippen LogP contribution in [0.3, 0.4) is 0 Å². The van der Waals surface area contributed by atoms with Gasteiger partial charge in [-0.2, -0.15) is 0 Å². The van der Waals surface area contributed by atoms with E-state index < -0.39 is 0 Å². The van der Waals surface area contributed by atoms with Crippen LogP contribution in [0.25, 0.3) is 0 Å². The highest BCUT2D eigenvalue weighted by atomic mass is 16.5. The van der Waals surface area contributed by atoms with Crippen LogP contribution in [0.4, 0.5) is 0 Å². The first-order valence-corrected chi connectivity index (χ1v) is 6.21. The Morgan fingerprint density at radius 2 is 2.12 bits per heavy atom. The largest absolute Gasteiger partial charge is 0.508 e. The normalized spacial score (nSPS) is 25.4. The maximum absolute atomic E-state index is 9.80. The van der Waals surface area contributed by atoms with Crippen molar-refractivity contribution in [3.63, 3.8) is 0 Å². The van der Waals surface area contributed by atoms with Crippen molar-refractivity contribution < 1.29 is 14.9 Å². The minimum atomic E-state index is 0.123. The maximum Gasteiger partial charge on any atom is 0.125 e. The second-order valence-corrected chi connectivity index (χ2v) is 4.98. The molecule has 1 aliphatic heterocycles. The number of fused-ring (bicyclic) bond motifs is 1. The molecule has 3 nitrogen and oxygen atoms in total. The van der Waals surface area contributed by atoms with E-state index in [1.165, 1.54) is 6.07 Å². The maximum atomic E-state index is 9.80. The number of phenolic OH excluding ortho intramolecular Hbond substituents is 2. The fourth-order valence-corrected chi connectivity index (χ4v) is 2.62. The summed E-state index contributed by atoms with van der Waals surface area (Å²) in [6.45, 7) is 6.85. The lowest BCUT2D eigenvalue weighted by atomic mass is 9.82. The Morgan fingerprint density at radius 1 is 1.41 bits per heavy atom. The summed E-state index contributed by atoms with van der Waals surface area (Å²) in [5.41, 5.74) is 1.83. The molecule has 1 aromatic rings. The summed E-state index contributed by atoms with van der Waals surface area (Å²) in [4.78, 5) is 0. The third-order valence-electron chi connectivity index (χ3n) is 3.85. The van der Waals surface area contributed by atoms with Crippen molar-refractivity contribution in [1.29, 1.82) is 0 Å². The van der Waals surface area contributed by atoms with Crippen LogP contribution >= 0.6 is 0 Å². The van der Waals surface area contributed by atoms with Gasteiger partial charge in [0.1, 0.15) is 11.5 Å². The van der Waals surface area contributed by atoms with Crippen LogP contribution in [0.2, 0.25) is 0 Å². The standard InChI is InChI=1S/C14H20O3/c1-4-8(2)14-9(3)11-5-10(15)6-13(16)12(11)7-17-14/h5-6,8-9,14-16H,4,7H2,1-3H3. The lowest BCUT2D eigenvalue weighted by Crippen LogP contribution is -2.31. The minimum Gasteiger partial charge on any atom is -0.508 e. The van der Waals surface area contributed by atoms with Gasteiger partial charge in [0.15, 0.2) is 0 Å². The highest BCUT2D eigenvalue weighted by molar-refractivity contribution is 5.47. The van der Waals surface area contributed by atoms with Crippen LogP contribution in [0.5, 0.6) is 11.5 Å². The van der Waals surface area contributed by atoms with Gasteiger partial charge in [-0.05, 0) is 17.5 Å². The van der Waals surface area contributed by atoms with E-state index in [-0.39, 0.29) is 23.5 Å². The van der Waals surface area contributed by atoms with E-state index >= 15 is 0 Å². The number of ether oxygens (including phenoxy) is 1. The first-order chi connectivity index (χ1) is 8.04. The Balaban J connectivity index is 2.38. The van der Waals surface area contributed by atoms with Gasteiger partial charge in [-0.1, -0.05) is 27.2 Å². The Kier molecular flexibility index (Phi) is 3.29. The predicted octanol–water partition coefficient (Wildman–Crippen LogP) is 3.15. The summed E-state index contributed by atoms with van der Waals surface area (Å²) >= 11 is 0. The summed E-state index contributed by atoms with van der Waals surface area (Å²) in [6.07, 6.45) is 1.23. The number of hydrogen-bond donors (Lipinski definition) is 2. The molecule has 0 fully saturated rings. The highest BCUT2D eigenvalue weighted by Gasteiger charge is 2.32. The van der Waals surface area contributed by atoms with Gasteiger partial charge < -0.3 is 14.9 Å². The van der Waals surface area contributed by atoms with Crippen molar-refractivity contribution in [2.45, 2.75) is 45.8 Å². The van der Waals surface area contributed by atoms with Crippen molar-refractivity contribution in [3.8, 4) is 11.5 Å². The van der Waals surface area contributed by atoms with Gasteiger partial charge in [-0.3, -0.25) is 0 Å². The molecule has 1 aliphatic rings. The van der Waals surface area contributed by atoms with Gasteiger partial charge in [0.25, 0.3) is 0 Å². The lowest BCUT2D eigenvalue weighted by Gasteiger charge is -2.35. The summed E-state index contributed by atoms with van der Waals surface area (Å²) in [5, 5.41) is 19.4. The van der Waals surface area contributed by atoms with Crippen LogP contribution in [0.1, 0.15) is 44.2 Å². The van der Waals surface area contributed by atoms with Crippen molar-refractivity contribution in [2.75, 3.05) is 0 Å². The third-order valence-corrected chi connectivity index (χ3v) is 3.85. The average Bonchev–Trinajstić information content (AvgIpc) is 2.29. The van der Waals surface area contributed by atoms with Crippen molar-refractivity contribution in [3.05, 3.63) is 23.3 Å². The molecule has 3 atom stereocenters. The number of aromatic hydroxyl groups is 2. The fraction of sp³-hybridized carbons (Fsp3) is 0.571. The molecule has 0 aliphatic carbocycles. The summed E-state index contributed by atoms with van der Waals surface area (Å²) < 4.78 is 5.85. The molecule has 94 valence electrons. The van der Waals surface area contributed by atoms with Gasteiger partial charge in [0.05, 0.1) is 12.7 Å². The number of rotatable bonds is 2. The zero-order valence-electron chi connectivity index (χ0n) is 10.6. The molecular weight excluding hydrogens is 216 g/mol. The van der Waals surface area contributed by atoms with Crippen LogP contribution in [0.15, 0.2) is 12.1 Å². The first-order valence-electron chi connectivity index (χ1n) is 6.21. The molecule has 1 aromatic carbocycles. The van der Waals surface area contributed by atoms with Crippen molar-refractivity contribution >= 4 is 0 Å². The molecule has 17 heavy (non-hydrogen) atoms. The van der Waals surface area contributed by atoms with E-state index in [9.17, 15) is 10.2 Å². The number of hydrogen-bond acceptors (Lipinski definition) is 3. The van der Waals surface area contributed by atoms with Gasteiger partial charge >= 0.3 is 0 Å². The lowest BCUT2D eigenvalue weighted by molar-refractivity contribution is -0.0233. The quantitative estimate of drug-likeness (QED) is 0.829. The number of benzene rings is 1. The van der Waals surface area contributed by atoms with E-state index in [1.807, 2.05) is 0 Å². The Morgan fingerprint density at radius 3 is 2.76 bits per heavy atom. The molecule has 3 heteroatoms. The van der Waals surface area contributed by atoms with Crippen LogP contribution in [-0.2, 0) is 11.3 Å². The minimum absolute atomic E-state index is 0.123. The summed E-state index contributed by atoms with van der Waals surface area (Å²) in [7, 11) is 0. The van der Waals surface area contributed by atoms with Crippen LogP contribution in [0, 0.1) is 5.92 Å².